The third kappa shape index (κ3) is 2.63. The second kappa shape index (κ2) is 6.20. The van der Waals surface area contributed by atoms with E-state index in [9.17, 15) is 9.18 Å². The summed E-state index contributed by atoms with van der Waals surface area (Å²) < 4.78 is 19.4. The number of rotatable bonds is 3. The molecule has 3 heterocycles. The number of benzene rings is 1. The highest BCUT2D eigenvalue weighted by Gasteiger charge is 2.33. The molecule has 0 unspecified atom stereocenters. The van der Waals surface area contributed by atoms with Gasteiger partial charge in [-0.3, -0.25) is 4.79 Å². The van der Waals surface area contributed by atoms with Gasteiger partial charge in [-0.25, -0.2) is 4.39 Å². The molecule has 1 aliphatic heterocycles. The first-order valence-corrected chi connectivity index (χ1v) is 8.68. The molecular weight excluding hydrogens is 327 g/mol. The van der Waals surface area contributed by atoms with Gasteiger partial charge in [0.05, 0.1) is 10.9 Å². The first kappa shape index (κ1) is 15.1. The quantitative estimate of drug-likeness (QED) is 0.703. The van der Waals surface area contributed by atoms with E-state index >= 15 is 0 Å². The zero-order valence-electron chi connectivity index (χ0n) is 12.8. The minimum Gasteiger partial charge on any atom is -0.355 e. The number of carbonyl (C=O) groups excluding carboxylic acids is 1. The molecule has 1 fully saturated rings. The van der Waals surface area contributed by atoms with Crippen LogP contribution in [0.1, 0.15) is 34.9 Å². The Bertz CT molecular complexity index is 860. The van der Waals surface area contributed by atoms with E-state index in [1.807, 2.05) is 17.5 Å². The number of carbonyl (C=O) groups is 1. The molecule has 0 N–H and O–H groups in total. The Balaban J connectivity index is 1.61. The van der Waals surface area contributed by atoms with Gasteiger partial charge in [0.1, 0.15) is 5.82 Å². The van der Waals surface area contributed by atoms with Gasteiger partial charge >= 0.3 is 0 Å². The second-order valence-corrected chi connectivity index (χ2v) is 6.68. The first-order chi connectivity index (χ1) is 11.7. The van der Waals surface area contributed by atoms with Gasteiger partial charge in [-0.2, -0.15) is 0 Å². The maximum Gasteiger partial charge on any atom is 0.276 e. The lowest BCUT2D eigenvalue weighted by Crippen LogP contribution is -2.31. The van der Waals surface area contributed by atoms with Gasteiger partial charge in [0.25, 0.3) is 5.91 Å². The van der Waals surface area contributed by atoms with Crippen LogP contribution < -0.4 is 0 Å². The van der Waals surface area contributed by atoms with E-state index in [2.05, 4.69) is 5.16 Å². The van der Waals surface area contributed by atoms with E-state index in [0.717, 1.165) is 17.7 Å². The highest BCUT2D eigenvalue weighted by Crippen LogP contribution is 2.35. The maximum absolute atomic E-state index is 14.1. The molecule has 0 saturated carbocycles. The van der Waals surface area contributed by atoms with Gasteiger partial charge in [0, 0.05) is 18.2 Å². The zero-order valence-corrected chi connectivity index (χ0v) is 13.6. The molecule has 24 heavy (non-hydrogen) atoms. The standard InChI is InChI=1S/C18H15FN2O2S/c19-13-6-2-1-5-12(13)15-7-3-9-21(15)18(22)14-11-16(23-20-14)17-8-4-10-24-17/h1-2,4-6,8,10-11,15H,3,7,9H2/t15-/m0/s1. The van der Waals surface area contributed by atoms with Crippen molar-refractivity contribution in [2.75, 3.05) is 6.54 Å². The van der Waals surface area contributed by atoms with Gasteiger partial charge in [-0.1, -0.05) is 29.4 Å². The SMILES string of the molecule is O=C(c1cc(-c2cccs2)on1)N1CCC[C@H]1c1ccccc1F. The van der Waals surface area contributed by atoms with Crippen LogP contribution in [-0.2, 0) is 0 Å². The topological polar surface area (TPSA) is 46.3 Å². The van der Waals surface area contributed by atoms with Crippen molar-refractivity contribution in [3.8, 4) is 10.6 Å². The number of thiophene rings is 1. The van der Waals surface area contributed by atoms with Crippen LogP contribution in [0.25, 0.3) is 10.6 Å². The van der Waals surface area contributed by atoms with Gasteiger partial charge in [-0.15, -0.1) is 11.3 Å². The van der Waals surface area contributed by atoms with E-state index in [4.69, 9.17) is 4.52 Å². The fourth-order valence-corrected chi connectivity index (χ4v) is 3.81. The number of hydrogen-bond acceptors (Lipinski definition) is 4. The van der Waals surface area contributed by atoms with Gasteiger partial charge in [0.15, 0.2) is 11.5 Å². The molecule has 1 aromatic carbocycles. The van der Waals surface area contributed by atoms with Crippen LogP contribution in [0.15, 0.2) is 52.4 Å². The van der Waals surface area contributed by atoms with Crippen molar-refractivity contribution in [3.05, 3.63) is 64.9 Å². The van der Waals surface area contributed by atoms with E-state index in [1.54, 1.807) is 29.2 Å². The Morgan fingerprint density at radius 1 is 1.29 bits per heavy atom. The minimum atomic E-state index is -0.276. The Hall–Kier alpha value is -2.47. The highest BCUT2D eigenvalue weighted by atomic mass is 32.1. The molecule has 1 atom stereocenters. The number of likely N-dealkylation sites (tertiary alicyclic amines) is 1. The summed E-state index contributed by atoms with van der Waals surface area (Å²) in [5.41, 5.74) is 0.826. The number of halogens is 1. The molecular formula is C18H15FN2O2S. The van der Waals surface area contributed by atoms with Crippen molar-refractivity contribution >= 4 is 17.2 Å². The average molecular weight is 342 g/mol. The van der Waals surface area contributed by atoms with Crippen molar-refractivity contribution in [1.82, 2.24) is 10.1 Å². The van der Waals surface area contributed by atoms with Crippen LogP contribution in [0.4, 0.5) is 4.39 Å². The van der Waals surface area contributed by atoms with Crippen molar-refractivity contribution in [3.63, 3.8) is 0 Å². The number of nitrogens with zero attached hydrogens (tertiary/aromatic N) is 2. The molecule has 4 nitrogen and oxygen atoms in total. The molecule has 0 radical (unpaired) electrons. The van der Waals surface area contributed by atoms with E-state index in [-0.39, 0.29) is 23.5 Å². The summed E-state index contributed by atoms with van der Waals surface area (Å²) in [6.45, 7) is 0.596. The first-order valence-electron chi connectivity index (χ1n) is 7.80. The molecule has 0 spiro atoms. The molecule has 1 aliphatic rings. The van der Waals surface area contributed by atoms with E-state index in [1.165, 1.54) is 17.4 Å². The Morgan fingerprint density at radius 3 is 2.96 bits per heavy atom. The summed E-state index contributed by atoms with van der Waals surface area (Å²) in [7, 11) is 0. The summed E-state index contributed by atoms with van der Waals surface area (Å²) in [5, 5.41) is 5.85. The molecule has 1 saturated heterocycles. The predicted molar refractivity (Wildman–Crippen MR) is 89.2 cm³/mol. The van der Waals surface area contributed by atoms with Crippen LogP contribution in [0.3, 0.4) is 0 Å². The smallest absolute Gasteiger partial charge is 0.276 e. The lowest BCUT2D eigenvalue weighted by molar-refractivity contribution is 0.0723. The lowest BCUT2D eigenvalue weighted by atomic mass is 10.0. The van der Waals surface area contributed by atoms with E-state index < -0.39 is 0 Å². The molecule has 4 rings (SSSR count). The van der Waals surface area contributed by atoms with Gasteiger partial charge in [0.2, 0.25) is 0 Å². The van der Waals surface area contributed by atoms with Crippen molar-refractivity contribution in [2.24, 2.45) is 0 Å². The summed E-state index contributed by atoms with van der Waals surface area (Å²) >= 11 is 1.52. The Labute approximate surface area is 142 Å². The summed E-state index contributed by atoms with van der Waals surface area (Å²) in [6, 6.07) is 11.9. The maximum atomic E-state index is 14.1. The van der Waals surface area contributed by atoms with Crippen LogP contribution in [-0.4, -0.2) is 22.5 Å². The predicted octanol–water partition coefficient (Wildman–Crippen LogP) is 4.52. The summed E-state index contributed by atoms with van der Waals surface area (Å²) in [4.78, 5) is 15.4. The average Bonchev–Trinajstić information content (AvgIpc) is 3.34. The molecule has 0 bridgehead atoms. The number of hydrogen-bond donors (Lipinski definition) is 0. The van der Waals surface area contributed by atoms with Crippen molar-refractivity contribution in [1.29, 1.82) is 0 Å². The van der Waals surface area contributed by atoms with Crippen LogP contribution in [0, 0.1) is 5.82 Å². The largest absolute Gasteiger partial charge is 0.355 e. The molecule has 6 heteroatoms. The van der Waals surface area contributed by atoms with Gasteiger partial charge < -0.3 is 9.42 Å². The fourth-order valence-electron chi connectivity index (χ4n) is 3.14. The van der Waals surface area contributed by atoms with E-state index in [0.29, 0.717) is 17.9 Å². The van der Waals surface area contributed by atoms with Crippen LogP contribution in [0.5, 0.6) is 0 Å². The van der Waals surface area contributed by atoms with Crippen LogP contribution >= 0.6 is 11.3 Å². The monoisotopic (exact) mass is 342 g/mol. The van der Waals surface area contributed by atoms with Gasteiger partial charge in [-0.05, 0) is 30.4 Å². The third-order valence-electron chi connectivity index (χ3n) is 4.27. The minimum absolute atomic E-state index is 0.215. The van der Waals surface area contributed by atoms with Crippen molar-refractivity contribution < 1.29 is 13.7 Å². The number of aromatic nitrogens is 1. The molecule has 2 aromatic heterocycles. The molecule has 122 valence electrons. The summed E-state index contributed by atoms with van der Waals surface area (Å²) in [6.07, 6.45) is 1.60. The zero-order chi connectivity index (χ0) is 16.5. The van der Waals surface area contributed by atoms with Crippen LogP contribution in [0.2, 0.25) is 0 Å². The fraction of sp³-hybridized carbons (Fsp3) is 0.222. The highest BCUT2D eigenvalue weighted by molar-refractivity contribution is 7.13. The molecule has 3 aromatic rings. The van der Waals surface area contributed by atoms with Crippen molar-refractivity contribution in [2.45, 2.75) is 18.9 Å². The molecule has 0 aliphatic carbocycles. The Morgan fingerprint density at radius 2 is 2.17 bits per heavy atom. The number of amides is 1. The lowest BCUT2D eigenvalue weighted by Gasteiger charge is -2.24. The third-order valence-corrected chi connectivity index (χ3v) is 5.16. The molecule has 1 amide bonds. The Kier molecular flexibility index (Phi) is 3.90. The normalized spacial score (nSPS) is 17.4. The summed E-state index contributed by atoms with van der Waals surface area (Å²) in [5.74, 6) is 0.0870. The second-order valence-electron chi connectivity index (χ2n) is 5.73.